The molecule has 0 aliphatic heterocycles. The second-order valence-electron chi connectivity index (χ2n) is 4.45. The molecule has 6 nitrogen and oxygen atoms in total. The van der Waals surface area contributed by atoms with Gasteiger partial charge in [0.05, 0.1) is 0 Å². The number of hydrogen-bond donors (Lipinski definition) is 1. The van der Waals surface area contributed by atoms with Crippen LogP contribution >= 0.6 is 23.4 Å². The maximum absolute atomic E-state index is 11.1. The minimum absolute atomic E-state index is 0.245. The molecule has 0 unspecified atom stereocenters. The summed E-state index contributed by atoms with van der Waals surface area (Å²) in [6.45, 7) is 1.82. The lowest BCUT2D eigenvalue weighted by molar-refractivity contribution is 0.0995. The highest BCUT2D eigenvalue weighted by Crippen LogP contribution is 2.24. The molecule has 2 heterocycles. The van der Waals surface area contributed by atoms with Crippen molar-refractivity contribution >= 4 is 29.3 Å². The molecule has 0 atom stereocenters. The maximum atomic E-state index is 11.1. The fourth-order valence-corrected chi connectivity index (χ4v) is 2.97. The summed E-state index contributed by atoms with van der Waals surface area (Å²) in [4.78, 5) is 15.3. The molecule has 2 N–H and O–H groups in total. The van der Waals surface area contributed by atoms with Crippen LogP contribution in [-0.2, 0) is 7.05 Å². The number of aryl methyl sites for hydroxylation is 1. The lowest BCUT2D eigenvalue weighted by atomic mass is 10.1. The van der Waals surface area contributed by atoms with E-state index in [1.54, 1.807) is 23.9 Å². The molecule has 0 saturated carbocycles. The molecule has 21 heavy (non-hydrogen) atoms. The van der Waals surface area contributed by atoms with Crippen LogP contribution in [0.1, 0.15) is 22.6 Å². The summed E-state index contributed by atoms with van der Waals surface area (Å²) in [6, 6.07) is 3.39. The van der Waals surface area contributed by atoms with Gasteiger partial charge < -0.3 is 10.3 Å². The first-order valence-corrected chi connectivity index (χ1v) is 7.92. The van der Waals surface area contributed by atoms with E-state index >= 15 is 0 Å². The average Bonchev–Trinajstić information content (AvgIpc) is 2.80. The minimum Gasteiger partial charge on any atom is -0.364 e. The molecule has 0 spiro atoms. The van der Waals surface area contributed by atoms with Gasteiger partial charge in [-0.3, -0.25) is 4.79 Å². The Hall–Kier alpha value is -1.60. The third kappa shape index (κ3) is 3.54. The number of carbonyl (C=O) groups excluding carboxylic acids is 1. The van der Waals surface area contributed by atoms with E-state index in [1.807, 2.05) is 18.5 Å². The van der Waals surface area contributed by atoms with E-state index in [0.29, 0.717) is 17.4 Å². The van der Waals surface area contributed by atoms with Gasteiger partial charge in [-0.05, 0) is 25.5 Å². The summed E-state index contributed by atoms with van der Waals surface area (Å²) >= 11 is 7.28. The normalized spacial score (nSPS) is 10.8. The van der Waals surface area contributed by atoms with Crippen molar-refractivity contribution in [2.45, 2.75) is 18.5 Å². The lowest BCUT2D eigenvalue weighted by Gasteiger charge is -2.06. The summed E-state index contributed by atoms with van der Waals surface area (Å²) in [7, 11) is 1.90. The number of thioether (sulfide) groups is 1. The molecule has 112 valence electrons. The van der Waals surface area contributed by atoms with Crippen molar-refractivity contribution in [1.29, 1.82) is 0 Å². The number of rotatable bonds is 6. The fraction of sp³-hybridized carbons (Fsp3) is 0.385. The smallest absolute Gasteiger partial charge is 0.267 e. The van der Waals surface area contributed by atoms with E-state index in [-0.39, 0.29) is 5.69 Å². The first kappa shape index (κ1) is 15.8. The highest BCUT2D eigenvalue weighted by molar-refractivity contribution is 7.99. The Balaban J connectivity index is 2.28. The second-order valence-corrected chi connectivity index (χ2v) is 5.89. The van der Waals surface area contributed by atoms with Gasteiger partial charge >= 0.3 is 0 Å². The number of halogens is 1. The van der Waals surface area contributed by atoms with Gasteiger partial charge in [-0.1, -0.05) is 11.8 Å². The average molecular weight is 326 g/mol. The van der Waals surface area contributed by atoms with Crippen LogP contribution in [0, 0.1) is 6.92 Å². The molecule has 2 aromatic heterocycles. The zero-order chi connectivity index (χ0) is 15.4. The number of amides is 1. The summed E-state index contributed by atoms with van der Waals surface area (Å²) in [5, 5.41) is 9.21. The van der Waals surface area contributed by atoms with Gasteiger partial charge in [-0.25, -0.2) is 4.98 Å². The van der Waals surface area contributed by atoms with Crippen LogP contribution in [0.2, 0.25) is 0 Å². The van der Waals surface area contributed by atoms with Gasteiger partial charge in [0.15, 0.2) is 11.0 Å². The Morgan fingerprint density at radius 3 is 2.81 bits per heavy atom. The van der Waals surface area contributed by atoms with E-state index in [4.69, 9.17) is 17.3 Å². The van der Waals surface area contributed by atoms with E-state index in [0.717, 1.165) is 22.9 Å². The van der Waals surface area contributed by atoms with Gasteiger partial charge in [0.25, 0.3) is 5.91 Å². The third-order valence-electron chi connectivity index (χ3n) is 2.92. The Morgan fingerprint density at radius 2 is 2.19 bits per heavy atom. The topological polar surface area (TPSA) is 86.7 Å². The van der Waals surface area contributed by atoms with Crippen molar-refractivity contribution in [1.82, 2.24) is 19.7 Å². The van der Waals surface area contributed by atoms with Crippen LogP contribution in [0.5, 0.6) is 0 Å². The first-order valence-electron chi connectivity index (χ1n) is 6.40. The molecule has 2 rings (SSSR count). The Labute approximate surface area is 132 Å². The van der Waals surface area contributed by atoms with Crippen molar-refractivity contribution in [3.8, 4) is 11.4 Å². The molecule has 1 amide bonds. The zero-order valence-corrected chi connectivity index (χ0v) is 13.4. The quantitative estimate of drug-likeness (QED) is 0.498. The summed E-state index contributed by atoms with van der Waals surface area (Å²) in [5.41, 5.74) is 7.00. The first-order chi connectivity index (χ1) is 10.0. The van der Waals surface area contributed by atoms with Crippen LogP contribution in [0.4, 0.5) is 0 Å². The van der Waals surface area contributed by atoms with Crippen molar-refractivity contribution in [3.05, 3.63) is 23.5 Å². The summed E-state index contributed by atoms with van der Waals surface area (Å²) in [6.07, 6.45) is 0.919. The summed E-state index contributed by atoms with van der Waals surface area (Å²) < 4.78 is 1.91. The predicted molar refractivity (Wildman–Crippen MR) is 83.5 cm³/mol. The van der Waals surface area contributed by atoms with E-state index < -0.39 is 5.91 Å². The zero-order valence-electron chi connectivity index (χ0n) is 11.8. The van der Waals surface area contributed by atoms with Crippen LogP contribution in [0.15, 0.2) is 17.3 Å². The number of alkyl halides is 1. The molecule has 0 aliphatic carbocycles. The maximum Gasteiger partial charge on any atom is 0.267 e. The van der Waals surface area contributed by atoms with Crippen molar-refractivity contribution in [3.63, 3.8) is 0 Å². The second kappa shape index (κ2) is 6.91. The van der Waals surface area contributed by atoms with Gasteiger partial charge in [-0.15, -0.1) is 21.8 Å². The molecule has 8 heteroatoms. The molecule has 0 saturated heterocycles. The number of pyridine rings is 1. The van der Waals surface area contributed by atoms with Gasteiger partial charge in [0, 0.05) is 29.9 Å². The van der Waals surface area contributed by atoms with E-state index in [2.05, 4.69) is 15.2 Å². The standard InChI is InChI=1S/C13H16ClN5OS/c1-8-9(4-5-10(16-8)11(15)20)12-17-18-13(19(12)2)21-7-3-6-14/h4-5H,3,6-7H2,1-2H3,(H2,15,20). The molecule has 2 aromatic rings. The van der Waals surface area contributed by atoms with Gasteiger partial charge in [0.1, 0.15) is 5.69 Å². The van der Waals surface area contributed by atoms with Crippen LogP contribution in [0.3, 0.4) is 0 Å². The largest absolute Gasteiger partial charge is 0.364 e. The third-order valence-corrected chi connectivity index (χ3v) is 4.30. The lowest BCUT2D eigenvalue weighted by Crippen LogP contribution is -2.13. The number of aromatic nitrogens is 4. The SMILES string of the molecule is Cc1nc(C(N)=O)ccc1-c1nnc(SCCCCl)n1C. The Morgan fingerprint density at radius 1 is 1.43 bits per heavy atom. The number of hydrogen-bond acceptors (Lipinski definition) is 5. The van der Waals surface area contributed by atoms with E-state index in [9.17, 15) is 4.79 Å². The number of nitrogens with two attached hydrogens (primary N) is 1. The number of primary amides is 1. The highest BCUT2D eigenvalue weighted by atomic mass is 35.5. The molecular weight excluding hydrogens is 310 g/mol. The van der Waals surface area contributed by atoms with Crippen LogP contribution < -0.4 is 5.73 Å². The van der Waals surface area contributed by atoms with Crippen molar-refractivity contribution in [2.24, 2.45) is 12.8 Å². The summed E-state index contributed by atoms with van der Waals surface area (Å²) in [5.74, 6) is 1.70. The minimum atomic E-state index is -0.542. The highest BCUT2D eigenvalue weighted by Gasteiger charge is 2.15. The monoisotopic (exact) mass is 325 g/mol. The Kier molecular flexibility index (Phi) is 5.19. The van der Waals surface area contributed by atoms with Crippen LogP contribution in [-0.4, -0.2) is 37.3 Å². The Bertz CT molecular complexity index is 658. The molecule has 0 fully saturated rings. The van der Waals surface area contributed by atoms with Gasteiger partial charge in [0.2, 0.25) is 0 Å². The number of carbonyl (C=O) groups is 1. The predicted octanol–water partition coefficient (Wildman–Crippen LogP) is 2.01. The molecule has 0 aromatic carbocycles. The molecular formula is C13H16ClN5OS. The van der Waals surface area contributed by atoms with Gasteiger partial charge in [-0.2, -0.15) is 0 Å². The molecule has 0 aliphatic rings. The van der Waals surface area contributed by atoms with Crippen molar-refractivity contribution < 1.29 is 4.79 Å². The number of nitrogens with zero attached hydrogens (tertiary/aromatic N) is 4. The molecule has 0 radical (unpaired) electrons. The van der Waals surface area contributed by atoms with Crippen molar-refractivity contribution in [2.75, 3.05) is 11.6 Å². The van der Waals surface area contributed by atoms with Crippen LogP contribution in [0.25, 0.3) is 11.4 Å². The fourth-order valence-electron chi connectivity index (χ4n) is 1.83. The van der Waals surface area contributed by atoms with E-state index in [1.165, 1.54) is 0 Å². The molecule has 0 bridgehead atoms.